The van der Waals surface area contributed by atoms with Gasteiger partial charge in [-0.1, -0.05) is 24.3 Å². The summed E-state index contributed by atoms with van der Waals surface area (Å²) in [6.07, 6.45) is 0.208. The van der Waals surface area contributed by atoms with Gasteiger partial charge in [0.25, 0.3) is 0 Å². The number of benzene rings is 2. The second kappa shape index (κ2) is 6.91. The largest absolute Gasteiger partial charge is 2.00 e. The molecule has 1 atom stereocenters. The van der Waals surface area contributed by atoms with Crippen molar-refractivity contribution in [2.24, 2.45) is 0 Å². The van der Waals surface area contributed by atoms with Crippen molar-refractivity contribution >= 4 is 10.8 Å². The van der Waals surface area contributed by atoms with Crippen molar-refractivity contribution in [3.63, 3.8) is 0 Å². The minimum absolute atomic E-state index is 0. The number of rotatable bonds is 2. The first-order chi connectivity index (χ1) is 9.19. The summed E-state index contributed by atoms with van der Waals surface area (Å²) in [5.41, 5.74) is 0.936. The van der Waals surface area contributed by atoms with Gasteiger partial charge < -0.3 is 22.0 Å². The Balaban J connectivity index is 0.00000110. The Kier molecular flexibility index (Phi) is 5.74. The Morgan fingerprint density at radius 1 is 1.24 bits per heavy atom. The van der Waals surface area contributed by atoms with E-state index in [0.717, 1.165) is 22.1 Å². The first-order valence-electron chi connectivity index (χ1n) is 6.16. The summed E-state index contributed by atoms with van der Waals surface area (Å²) < 4.78 is 11.0. The number of ether oxygens (including phenoxy) is 2. The second-order valence-corrected chi connectivity index (χ2v) is 4.62. The van der Waals surface area contributed by atoms with Crippen LogP contribution in [0, 0.1) is 14.4 Å². The normalized spacial score (nSPS) is 16.9. The van der Waals surface area contributed by atoms with Crippen LogP contribution in [0.4, 0.5) is 0 Å². The van der Waals surface area contributed by atoms with Gasteiger partial charge in [-0.25, -0.2) is 6.92 Å². The number of hydrogen-bond acceptors (Lipinski definition) is 3. The van der Waals surface area contributed by atoms with Crippen LogP contribution in [0.3, 0.4) is 0 Å². The Labute approximate surface area is 139 Å². The molecule has 1 aliphatic rings. The molecule has 0 bridgehead atoms. The molecule has 3 nitrogen and oxygen atoms in total. The third-order valence-electron chi connectivity index (χ3n) is 3.43. The summed E-state index contributed by atoms with van der Waals surface area (Å²) in [6, 6.07) is 12.1. The molecule has 2 aromatic carbocycles. The van der Waals surface area contributed by atoms with Gasteiger partial charge >= 0.3 is 21.1 Å². The van der Waals surface area contributed by atoms with Crippen molar-refractivity contribution in [1.29, 1.82) is 0 Å². The van der Waals surface area contributed by atoms with Crippen LogP contribution in [-0.2, 0) is 25.8 Å². The Hall–Kier alpha value is -1.60. The van der Waals surface area contributed by atoms with E-state index < -0.39 is 0 Å². The molecule has 1 N–H and O–H groups in total. The summed E-state index contributed by atoms with van der Waals surface area (Å²) in [7, 11) is 1.64. The molecular weight excluding hydrogens is 348 g/mol. The molecule has 0 spiro atoms. The Morgan fingerprint density at radius 2 is 1.86 bits per heavy atom. The zero-order valence-corrected chi connectivity index (χ0v) is 14.1. The SMILES string of the molecule is [CH2-]C1=C(O)C[C@H](c2cc3ccccc3cc2OC)O1.[CH3-].[Mo+2]. The third-order valence-corrected chi connectivity index (χ3v) is 3.43. The number of fused-ring (bicyclic) bond motifs is 1. The molecule has 3 rings (SSSR count). The maximum atomic E-state index is 9.66. The number of methoxy groups -OCH3 is 1. The van der Waals surface area contributed by atoms with Crippen LogP contribution in [0.5, 0.6) is 5.75 Å². The van der Waals surface area contributed by atoms with Crippen molar-refractivity contribution in [2.75, 3.05) is 7.11 Å². The molecule has 0 amide bonds. The molecule has 0 radical (unpaired) electrons. The van der Waals surface area contributed by atoms with Gasteiger partial charge in [-0.05, 0) is 40.8 Å². The average Bonchev–Trinajstić information content (AvgIpc) is 2.77. The predicted molar refractivity (Wildman–Crippen MR) is 80.4 cm³/mol. The number of hydrogen-bond donors (Lipinski definition) is 1. The van der Waals surface area contributed by atoms with Gasteiger partial charge in [0.1, 0.15) is 11.9 Å². The van der Waals surface area contributed by atoms with E-state index in [0.29, 0.717) is 12.2 Å². The van der Waals surface area contributed by atoms with Crippen LogP contribution in [0.25, 0.3) is 10.8 Å². The minimum atomic E-state index is -0.230. The van der Waals surface area contributed by atoms with Gasteiger partial charge in [0.15, 0.2) is 0 Å². The number of aliphatic hydroxyl groups excluding tert-OH is 1. The molecule has 2 aromatic rings. The fourth-order valence-corrected chi connectivity index (χ4v) is 2.41. The van der Waals surface area contributed by atoms with Crippen molar-refractivity contribution < 1.29 is 35.6 Å². The quantitative estimate of drug-likeness (QED) is 0.634. The van der Waals surface area contributed by atoms with E-state index in [-0.39, 0.29) is 40.4 Å². The van der Waals surface area contributed by atoms with Crippen LogP contribution in [0.15, 0.2) is 47.9 Å². The summed E-state index contributed by atoms with van der Waals surface area (Å²) in [5, 5.41) is 11.9. The summed E-state index contributed by atoms with van der Waals surface area (Å²) in [5.74, 6) is 1.33. The molecule has 0 aliphatic carbocycles. The molecular formula is C17H18MoO3. The van der Waals surface area contributed by atoms with Crippen molar-refractivity contribution in [1.82, 2.24) is 0 Å². The fraction of sp³-hybridized carbons (Fsp3) is 0.176. The summed E-state index contributed by atoms with van der Waals surface area (Å²) in [6.45, 7) is 3.68. The van der Waals surface area contributed by atoms with Crippen molar-refractivity contribution in [2.45, 2.75) is 12.5 Å². The molecule has 0 saturated heterocycles. The maximum absolute atomic E-state index is 9.66. The average molecular weight is 366 g/mol. The number of allylic oxidation sites excluding steroid dienone is 1. The van der Waals surface area contributed by atoms with Crippen LogP contribution in [-0.4, -0.2) is 12.2 Å². The van der Waals surface area contributed by atoms with Gasteiger partial charge in [-0.2, -0.15) is 0 Å². The van der Waals surface area contributed by atoms with Gasteiger partial charge in [-0.15, -0.1) is 0 Å². The van der Waals surface area contributed by atoms with Gasteiger partial charge in [0, 0.05) is 5.56 Å². The second-order valence-electron chi connectivity index (χ2n) is 4.62. The molecule has 0 fully saturated rings. The minimum Gasteiger partial charge on any atom is -0.593 e. The van der Waals surface area contributed by atoms with E-state index in [1.807, 2.05) is 36.4 Å². The van der Waals surface area contributed by atoms with Crippen LogP contribution >= 0.6 is 0 Å². The molecule has 0 unspecified atom stereocenters. The molecule has 21 heavy (non-hydrogen) atoms. The zero-order chi connectivity index (χ0) is 13.4. The van der Waals surface area contributed by atoms with Crippen molar-refractivity contribution in [3.05, 3.63) is 67.8 Å². The van der Waals surface area contributed by atoms with Crippen LogP contribution in [0.2, 0.25) is 0 Å². The third kappa shape index (κ3) is 3.19. The molecule has 0 aromatic heterocycles. The van der Waals surface area contributed by atoms with E-state index >= 15 is 0 Å². The Bertz CT molecular complexity index is 650. The van der Waals surface area contributed by atoms with Crippen LogP contribution < -0.4 is 4.74 Å². The Morgan fingerprint density at radius 3 is 2.38 bits per heavy atom. The van der Waals surface area contributed by atoms with Gasteiger partial charge in [0.05, 0.1) is 7.11 Å². The summed E-state index contributed by atoms with van der Waals surface area (Å²) in [4.78, 5) is 0. The first kappa shape index (κ1) is 17.4. The van der Waals surface area contributed by atoms with E-state index in [1.165, 1.54) is 0 Å². The molecule has 0 saturated carbocycles. The maximum Gasteiger partial charge on any atom is 2.00 e. The monoisotopic (exact) mass is 368 g/mol. The first-order valence-corrected chi connectivity index (χ1v) is 6.16. The zero-order valence-electron chi connectivity index (χ0n) is 12.1. The molecule has 1 aliphatic heterocycles. The van der Waals surface area contributed by atoms with E-state index in [9.17, 15) is 5.11 Å². The smallest absolute Gasteiger partial charge is 0.593 e. The van der Waals surface area contributed by atoms with Gasteiger partial charge in [0.2, 0.25) is 0 Å². The molecule has 4 heteroatoms. The summed E-state index contributed by atoms with van der Waals surface area (Å²) >= 11 is 0. The standard InChI is InChI=1S/C16H15O3.CH3.Mo/c1-10-14(17)9-16(19-10)13-7-11-5-3-4-6-12(11)8-15(13)18-2;;/h3-8,16-17H,1,9H2,2H3;1H3;/q2*-1;+2/t16-;;/m1../s1. The predicted octanol–water partition coefficient (Wildman–Crippen LogP) is 4.36. The fourth-order valence-electron chi connectivity index (χ4n) is 2.41. The van der Waals surface area contributed by atoms with Crippen LogP contribution in [0.1, 0.15) is 18.1 Å². The molecule has 1 heterocycles. The van der Waals surface area contributed by atoms with E-state index in [4.69, 9.17) is 9.47 Å². The topological polar surface area (TPSA) is 38.7 Å². The van der Waals surface area contributed by atoms with Crippen molar-refractivity contribution in [3.8, 4) is 5.75 Å². The number of aliphatic hydroxyl groups is 1. The molecule has 110 valence electrons. The van der Waals surface area contributed by atoms with E-state index in [2.05, 4.69) is 6.92 Å². The van der Waals surface area contributed by atoms with Gasteiger partial charge in [-0.3, -0.25) is 0 Å². The van der Waals surface area contributed by atoms with E-state index in [1.54, 1.807) is 7.11 Å².